The molecule has 0 N–H and O–H groups in total. The summed E-state index contributed by atoms with van der Waals surface area (Å²) in [5, 5.41) is 0. The van der Waals surface area contributed by atoms with Crippen LogP contribution in [0.4, 0.5) is 0 Å². The smallest absolute Gasteiger partial charge is 0.403 e. The molecule has 1 saturated heterocycles. The van der Waals surface area contributed by atoms with Gasteiger partial charge in [0.05, 0.1) is 11.2 Å². The average Bonchev–Trinajstić information content (AvgIpc) is 2.83. The third-order valence-electron chi connectivity index (χ3n) is 6.20. The molecule has 0 radical (unpaired) electrons. The van der Waals surface area contributed by atoms with E-state index in [4.69, 9.17) is 9.31 Å². The van der Waals surface area contributed by atoms with Gasteiger partial charge in [-0.25, -0.2) is 0 Å². The molecule has 2 aromatic carbocycles. The Bertz CT molecular complexity index is 736. The summed E-state index contributed by atoms with van der Waals surface area (Å²) in [6.45, 7) is 13.1. The molecule has 1 fully saturated rings. The molecule has 0 spiro atoms. The zero-order chi connectivity index (χ0) is 19.7. The first-order valence-corrected chi connectivity index (χ1v) is 10.2. The third-order valence-corrected chi connectivity index (χ3v) is 6.20. The van der Waals surface area contributed by atoms with Gasteiger partial charge >= 0.3 is 7.12 Å². The van der Waals surface area contributed by atoms with Gasteiger partial charge in [-0.1, -0.05) is 68.4 Å². The molecule has 1 unspecified atom stereocenters. The lowest BCUT2D eigenvalue weighted by molar-refractivity contribution is 0.00578. The van der Waals surface area contributed by atoms with E-state index in [1.165, 1.54) is 16.7 Å². The fraction of sp³-hybridized carbons (Fsp3) is 0.500. The minimum absolute atomic E-state index is 0.213. The van der Waals surface area contributed by atoms with E-state index in [-0.39, 0.29) is 24.1 Å². The zero-order valence-electron chi connectivity index (χ0n) is 17.7. The predicted octanol–water partition coefficient (Wildman–Crippen LogP) is 6.16. The van der Waals surface area contributed by atoms with Gasteiger partial charge in [-0.2, -0.15) is 0 Å². The molecule has 0 bridgehead atoms. The Kier molecular flexibility index (Phi) is 5.83. The second-order valence-corrected chi connectivity index (χ2v) is 9.04. The first kappa shape index (κ1) is 20.2. The maximum atomic E-state index is 6.48. The van der Waals surface area contributed by atoms with Gasteiger partial charge in [0, 0.05) is 5.82 Å². The van der Waals surface area contributed by atoms with Gasteiger partial charge < -0.3 is 9.31 Å². The molecule has 0 saturated carbocycles. The van der Waals surface area contributed by atoms with E-state index in [1.807, 2.05) is 0 Å². The Morgan fingerprint density at radius 2 is 1.30 bits per heavy atom. The van der Waals surface area contributed by atoms with Crippen LogP contribution in [0.3, 0.4) is 0 Å². The van der Waals surface area contributed by atoms with Gasteiger partial charge in [0.15, 0.2) is 0 Å². The lowest BCUT2D eigenvalue weighted by atomic mass is 9.63. The van der Waals surface area contributed by atoms with Crippen molar-refractivity contribution in [2.45, 2.75) is 77.3 Å². The van der Waals surface area contributed by atoms with Crippen LogP contribution in [0, 0.1) is 0 Å². The molecular formula is C24H33BO2. The van der Waals surface area contributed by atoms with Crippen molar-refractivity contribution in [1.29, 1.82) is 0 Å². The summed E-state index contributed by atoms with van der Waals surface area (Å²) in [6, 6.07) is 19.5. The average molecular weight is 364 g/mol. The molecular weight excluding hydrogens is 331 g/mol. The van der Waals surface area contributed by atoms with Crippen molar-refractivity contribution >= 4 is 7.12 Å². The van der Waals surface area contributed by atoms with Crippen LogP contribution in [0.2, 0.25) is 0 Å². The van der Waals surface area contributed by atoms with E-state index < -0.39 is 0 Å². The molecule has 1 heterocycles. The normalized spacial score (nSPS) is 19.4. The topological polar surface area (TPSA) is 18.5 Å². The molecule has 1 aliphatic rings. The SMILES string of the molecule is CC(C)c1ccccc1C(CCc1ccccc1)B1OC(C)(C)C(C)(C)O1. The van der Waals surface area contributed by atoms with Gasteiger partial charge in [-0.15, -0.1) is 0 Å². The van der Waals surface area contributed by atoms with Gasteiger partial charge in [-0.3, -0.25) is 0 Å². The van der Waals surface area contributed by atoms with Crippen LogP contribution in [-0.2, 0) is 15.7 Å². The largest absolute Gasteiger partial charge is 0.465 e. The highest BCUT2D eigenvalue weighted by atomic mass is 16.7. The van der Waals surface area contributed by atoms with Gasteiger partial charge in [-0.05, 0) is 63.1 Å². The summed E-state index contributed by atoms with van der Waals surface area (Å²) in [5.74, 6) is 0.688. The molecule has 1 aliphatic heterocycles. The fourth-order valence-electron chi connectivity index (χ4n) is 3.83. The highest BCUT2D eigenvalue weighted by molar-refractivity contribution is 6.47. The maximum absolute atomic E-state index is 6.48. The number of hydrogen-bond acceptors (Lipinski definition) is 2. The van der Waals surface area contributed by atoms with Crippen LogP contribution in [0.5, 0.6) is 0 Å². The first-order chi connectivity index (χ1) is 12.7. The van der Waals surface area contributed by atoms with E-state index in [0.29, 0.717) is 5.92 Å². The van der Waals surface area contributed by atoms with Crippen LogP contribution in [0.15, 0.2) is 54.6 Å². The quantitative estimate of drug-likeness (QED) is 0.572. The summed E-state index contributed by atoms with van der Waals surface area (Å²) in [5.41, 5.74) is 3.50. The minimum Gasteiger partial charge on any atom is -0.403 e. The molecule has 0 aromatic heterocycles. The second kappa shape index (κ2) is 7.81. The van der Waals surface area contributed by atoms with Crippen molar-refractivity contribution in [2.24, 2.45) is 0 Å². The van der Waals surface area contributed by atoms with Crippen LogP contribution >= 0.6 is 0 Å². The highest BCUT2D eigenvalue weighted by Crippen LogP contribution is 2.43. The van der Waals surface area contributed by atoms with E-state index in [2.05, 4.69) is 96.1 Å². The van der Waals surface area contributed by atoms with Crippen molar-refractivity contribution in [2.75, 3.05) is 0 Å². The van der Waals surface area contributed by atoms with Crippen molar-refractivity contribution < 1.29 is 9.31 Å². The van der Waals surface area contributed by atoms with Crippen molar-refractivity contribution in [1.82, 2.24) is 0 Å². The van der Waals surface area contributed by atoms with E-state index in [1.54, 1.807) is 0 Å². The third kappa shape index (κ3) is 4.30. The Hall–Kier alpha value is -1.58. The Balaban J connectivity index is 1.93. The lowest BCUT2D eigenvalue weighted by Crippen LogP contribution is -2.41. The number of rotatable bonds is 6. The summed E-state index contributed by atoms with van der Waals surface area (Å²) in [7, 11) is -0.224. The lowest BCUT2D eigenvalue weighted by Gasteiger charge is -2.32. The molecule has 144 valence electrons. The summed E-state index contributed by atoms with van der Waals surface area (Å²) in [4.78, 5) is 0. The van der Waals surface area contributed by atoms with Gasteiger partial charge in [0.2, 0.25) is 0 Å². The summed E-state index contributed by atoms with van der Waals surface area (Å²) >= 11 is 0. The van der Waals surface area contributed by atoms with E-state index >= 15 is 0 Å². The number of hydrogen-bond donors (Lipinski definition) is 0. The van der Waals surface area contributed by atoms with Crippen LogP contribution < -0.4 is 0 Å². The van der Waals surface area contributed by atoms with Crippen molar-refractivity contribution in [3.8, 4) is 0 Å². The molecule has 0 amide bonds. The predicted molar refractivity (Wildman–Crippen MR) is 114 cm³/mol. The van der Waals surface area contributed by atoms with Crippen molar-refractivity contribution in [3.05, 3.63) is 71.3 Å². The number of benzene rings is 2. The van der Waals surface area contributed by atoms with E-state index in [9.17, 15) is 0 Å². The monoisotopic (exact) mass is 364 g/mol. The maximum Gasteiger partial charge on any atom is 0.465 e. The molecule has 3 heteroatoms. The molecule has 3 rings (SSSR count). The molecule has 2 nitrogen and oxygen atoms in total. The highest BCUT2D eigenvalue weighted by Gasteiger charge is 2.54. The Labute approximate surface area is 165 Å². The minimum atomic E-state index is -0.310. The Morgan fingerprint density at radius 3 is 1.85 bits per heavy atom. The zero-order valence-corrected chi connectivity index (χ0v) is 17.7. The van der Waals surface area contributed by atoms with Crippen LogP contribution in [0.1, 0.15) is 76.4 Å². The standard InChI is InChI=1S/C24H33BO2/c1-18(2)20-14-10-11-15-21(20)22(17-16-19-12-8-7-9-13-19)25-26-23(3,4)24(5,6)27-25/h7-15,18,22H,16-17H2,1-6H3. The summed E-state index contributed by atoms with van der Waals surface area (Å²) < 4.78 is 13.0. The van der Waals surface area contributed by atoms with Crippen LogP contribution in [-0.4, -0.2) is 18.3 Å². The van der Waals surface area contributed by atoms with Crippen LogP contribution in [0.25, 0.3) is 0 Å². The summed E-state index contributed by atoms with van der Waals surface area (Å²) in [6.07, 6.45) is 2.02. The van der Waals surface area contributed by atoms with Crippen molar-refractivity contribution in [3.63, 3.8) is 0 Å². The Morgan fingerprint density at radius 1 is 0.778 bits per heavy atom. The second-order valence-electron chi connectivity index (χ2n) is 9.04. The van der Waals surface area contributed by atoms with Gasteiger partial charge in [0.25, 0.3) is 0 Å². The molecule has 27 heavy (non-hydrogen) atoms. The fourth-order valence-corrected chi connectivity index (χ4v) is 3.83. The van der Waals surface area contributed by atoms with Gasteiger partial charge in [0.1, 0.15) is 0 Å². The molecule has 1 atom stereocenters. The molecule has 0 aliphatic carbocycles. The number of aryl methyl sites for hydroxylation is 1. The first-order valence-electron chi connectivity index (χ1n) is 10.2. The van der Waals surface area contributed by atoms with E-state index in [0.717, 1.165) is 12.8 Å². The molecule has 2 aromatic rings.